The average molecular weight is 620 g/mol. The lowest BCUT2D eigenvalue weighted by molar-refractivity contribution is 0.0592. The topological polar surface area (TPSA) is 284 Å². The van der Waals surface area contributed by atoms with Gasteiger partial charge in [0.15, 0.2) is 34.6 Å². The van der Waals surface area contributed by atoms with E-state index in [2.05, 4.69) is 55.8 Å². The van der Waals surface area contributed by atoms with Gasteiger partial charge in [-0.05, 0) is 13.8 Å². The number of ether oxygens (including phenoxy) is 2. The number of hydrogen-bond acceptors (Lipinski definition) is 18. The van der Waals surface area contributed by atoms with Crippen LogP contribution in [0.25, 0.3) is 11.9 Å². The molecule has 0 amide bonds. The van der Waals surface area contributed by atoms with Crippen molar-refractivity contribution in [2.75, 3.05) is 25.7 Å². The summed E-state index contributed by atoms with van der Waals surface area (Å²) in [5.74, 6) is -1.56. The molecule has 0 aliphatic heterocycles. The summed E-state index contributed by atoms with van der Waals surface area (Å²) in [6, 6.07) is -0.698. The van der Waals surface area contributed by atoms with Gasteiger partial charge in [-0.3, -0.25) is 0 Å². The Morgan fingerprint density at radius 1 is 0.733 bits per heavy atom. The zero-order chi connectivity index (χ0) is 32.6. The summed E-state index contributed by atoms with van der Waals surface area (Å²) < 4.78 is 14.4. The van der Waals surface area contributed by atoms with Crippen LogP contribution < -0.4 is 11.5 Å². The maximum Gasteiger partial charge on any atom is 0.343 e. The summed E-state index contributed by atoms with van der Waals surface area (Å²) in [4.78, 5) is 36.3. The van der Waals surface area contributed by atoms with E-state index in [9.17, 15) is 14.7 Å². The van der Waals surface area contributed by atoms with E-state index in [1.54, 1.807) is 27.9 Å². The average Bonchev–Trinajstić information content (AvgIpc) is 3.73. The first-order valence-corrected chi connectivity index (χ1v) is 12.6. The Kier molecular flexibility index (Phi) is 7.69. The summed E-state index contributed by atoms with van der Waals surface area (Å²) in [7, 11) is 5.61. The van der Waals surface area contributed by atoms with Crippen LogP contribution in [0.15, 0.2) is 32.9 Å². The predicted octanol–water partition coefficient (Wildman–Crippen LogP) is 1.60. The number of esters is 2. The van der Waals surface area contributed by atoms with E-state index < -0.39 is 17.9 Å². The number of azo groups is 2. The Labute approximate surface area is 252 Å². The summed E-state index contributed by atoms with van der Waals surface area (Å²) in [6.45, 7) is 3.21. The number of rotatable bonds is 8. The molecule has 0 atom stereocenters. The maximum atomic E-state index is 12.1. The van der Waals surface area contributed by atoms with Crippen molar-refractivity contribution in [1.82, 2.24) is 54.1 Å². The number of anilines is 2. The fraction of sp³-hybridized carbons (Fsp3) is 0.261. The Morgan fingerprint density at radius 3 is 1.51 bits per heavy atom. The van der Waals surface area contributed by atoms with Crippen LogP contribution in [-0.2, 0) is 23.6 Å². The molecular formula is C23H25N17O5. The zero-order valence-corrected chi connectivity index (χ0v) is 24.6. The van der Waals surface area contributed by atoms with Gasteiger partial charge in [0.25, 0.3) is 11.9 Å². The van der Waals surface area contributed by atoms with E-state index in [0.29, 0.717) is 11.4 Å². The second-order valence-electron chi connectivity index (χ2n) is 9.09. The zero-order valence-electron chi connectivity index (χ0n) is 24.6. The number of carbonyl (C=O) groups is 2. The molecule has 5 aromatic heterocycles. The second kappa shape index (κ2) is 11.6. The van der Waals surface area contributed by atoms with Gasteiger partial charge >= 0.3 is 17.9 Å². The molecule has 0 fully saturated rings. The van der Waals surface area contributed by atoms with Crippen LogP contribution in [0.3, 0.4) is 0 Å². The standard InChI is InChI=1S/C23H25N17O5/c1-9-13(31-33-17-11(19(41)44-5)7-26-37(17)3)15(24)39(35-9)21-28-22(30-23(43)29-21)40-16(25)14(10(2)36-40)32-34-18-12(20(42)45-6)8-27-38(18)4/h7-8H,24-25H2,1-6H3,(H,28,29,30,43)/b33-31+,34-32+. The molecule has 22 heteroatoms. The molecular weight excluding hydrogens is 594 g/mol. The predicted molar refractivity (Wildman–Crippen MR) is 151 cm³/mol. The van der Waals surface area contributed by atoms with Crippen molar-refractivity contribution in [2.24, 2.45) is 34.6 Å². The molecule has 5 N–H and O–H groups in total. The molecule has 5 aromatic rings. The highest BCUT2D eigenvalue weighted by atomic mass is 16.5. The number of nitrogens with zero attached hydrogens (tertiary/aromatic N) is 15. The largest absolute Gasteiger partial charge is 0.479 e. The first kappa shape index (κ1) is 29.9. The molecule has 45 heavy (non-hydrogen) atoms. The molecule has 0 aliphatic rings. The number of carbonyl (C=O) groups excluding carboxylic acids is 2. The van der Waals surface area contributed by atoms with Gasteiger partial charge in [0.1, 0.15) is 11.1 Å². The third-order valence-corrected chi connectivity index (χ3v) is 6.22. The van der Waals surface area contributed by atoms with Gasteiger partial charge < -0.3 is 26.0 Å². The number of methoxy groups -OCH3 is 2. The molecule has 0 aromatic carbocycles. The minimum absolute atomic E-state index is 0.0497. The number of nitrogen functional groups attached to an aromatic ring is 2. The van der Waals surface area contributed by atoms with Crippen molar-refractivity contribution in [1.29, 1.82) is 0 Å². The van der Waals surface area contributed by atoms with Crippen molar-refractivity contribution < 1.29 is 24.2 Å². The molecule has 0 spiro atoms. The Bertz CT molecular complexity index is 1870. The normalized spacial score (nSPS) is 11.6. The number of hydrogen-bond donors (Lipinski definition) is 3. The third kappa shape index (κ3) is 5.37. The quantitative estimate of drug-likeness (QED) is 0.164. The SMILES string of the molecule is COC(=O)c1cnn(C)c1/N=N/c1c(C)nn(-c2nc(O)nc(-n3nc(C)c(/N=N/c4c(C(=O)OC)cnn4C)c3N)n2)c1N. The van der Waals surface area contributed by atoms with Crippen LogP contribution in [0.5, 0.6) is 6.01 Å². The van der Waals surface area contributed by atoms with Gasteiger partial charge in [0, 0.05) is 14.1 Å². The van der Waals surface area contributed by atoms with Crippen LogP contribution in [-0.4, -0.2) is 85.3 Å². The lowest BCUT2D eigenvalue weighted by atomic mass is 10.3. The van der Waals surface area contributed by atoms with Gasteiger partial charge in [-0.25, -0.2) is 19.0 Å². The molecule has 0 aliphatic carbocycles. The van der Waals surface area contributed by atoms with E-state index in [1.807, 2.05) is 0 Å². The lowest BCUT2D eigenvalue weighted by Crippen LogP contribution is -2.13. The number of aromatic nitrogens is 11. The molecule has 0 unspecified atom stereocenters. The van der Waals surface area contributed by atoms with Gasteiger partial charge in [-0.2, -0.15) is 44.7 Å². The van der Waals surface area contributed by atoms with E-state index in [1.165, 1.54) is 36.0 Å². The Morgan fingerprint density at radius 2 is 1.13 bits per heavy atom. The van der Waals surface area contributed by atoms with E-state index in [4.69, 9.17) is 20.9 Å². The third-order valence-electron chi connectivity index (χ3n) is 6.22. The van der Waals surface area contributed by atoms with Gasteiger partial charge in [-0.1, -0.05) is 0 Å². The highest BCUT2D eigenvalue weighted by molar-refractivity contribution is 5.94. The highest BCUT2D eigenvalue weighted by Crippen LogP contribution is 2.33. The van der Waals surface area contributed by atoms with Crippen LogP contribution in [0.1, 0.15) is 32.1 Å². The van der Waals surface area contributed by atoms with E-state index >= 15 is 0 Å². The Balaban J connectivity index is 1.50. The molecule has 5 heterocycles. The molecule has 0 radical (unpaired) electrons. The minimum Gasteiger partial charge on any atom is -0.479 e. The molecule has 0 saturated heterocycles. The molecule has 0 saturated carbocycles. The van der Waals surface area contributed by atoms with Crippen molar-refractivity contribution in [3.8, 4) is 17.9 Å². The van der Waals surface area contributed by atoms with E-state index in [-0.39, 0.29) is 57.7 Å². The first-order valence-electron chi connectivity index (χ1n) is 12.6. The monoisotopic (exact) mass is 619 g/mol. The van der Waals surface area contributed by atoms with Crippen LogP contribution >= 0.6 is 0 Å². The number of aromatic hydroxyl groups is 1. The molecule has 232 valence electrons. The summed E-state index contributed by atoms with van der Waals surface area (Å²) in [6.07, 6.45) is 2.59. The first-order chi connectivity index (χ1) is 21.4. The van der Waals surface area contributed by atoms with Crippen molar-refractivity contribution in [3.63, 3.8) is 0 Å². The number of aryl methyl sites for hydroxylation is 4. The van der Waals surface area contributed by atoms with Crippen molar-refractivity contribution >= 4 is 46.6 Å². The molecule has 0 bridgehead atoms. The number of nitrogens with two attached hydrogens (primary N) is 2. The van der Waals surface area contributed by atoms with Gasteiger partial charge in [0.05, 0.1) is 38.0 Å². The Hall–Kier alpha value is -6.61. The summed E-state index contributed by atoms with van der Waals surface area (Å²) in [5.41, 5.74) is 13.7. The molecule has 22 nitrogen and oxygen atoms in total. The van der Waals surface area contributed by atoms with Gasteiger partial charge in [-0.15, -0.1) is 20.5 Å². The highest BCUT2D eigenvalue weighted by Gasteiger charge is 2.23. The lowest BCUT2D eigenvalue weighted by Gasteiger charge is -2.06. The maximum absolute atomic E-state index is 12.1. The smallest absolute Gasteiger partial charge is 0.343 e. The second-order valence-corrected chi connectivity index (χ2v) is 9.09. The molecule has 5 rings (SSSR count). The van der Waals surface area contributed by atoms with Crippen LogP contribution in [0.2, 0.25) is 0 Å². The summed E-state index contributed by atoms with van der Waals surface area (Å²) >= 11 is 0. The van der Waals surface area contributed by atoms with Crippen LogP contribution in [0.4, 0.5) is 34.6 Å². The fourth-order valence-corrected chi connectivity index (χ4v) is 3.96. The van der Waals surface area contributed by atoms with E-state index in [0.717, 1.165) is 9.36 Å². The van der Waals surface area contributed by atoms with Gasteiger partial charge in [0.2, 0.25) is 0 Å². The summed E-state index contributed by atoms with van der Waals surface area (Å²) in [5, 5.41) is 43.5. The fourth-order valence-electron chi connectivity index (χ4n) is 3.96. The minimum atomic E-state index is -0.698. The van der Waals surface area contributed by atoms with Crippen molar-refractivity contribution in [3.05, 3.63) is 34.9 Å². The van der Waals surface area contributed by atoms with Crippen LogP contribution in [0, 0.1) is 13.8 Å². The van der Waals surface area contributed by atoms with Crippen molar-refractivity contribution in [2.45, 2.75) is 13.8 Å².